The van der Waals surface area contributed by atoms with E-state index >= 15 is 0 Å². The van der Waals surface area contributed by atoms with Crippen LogP contribution in [0.25, 0.3) is 11.0 Å². The number of carboxylic acid groups (broad SMARTS) is 1. The Balaban J connectivity index is 2.22. The van der Waals surface area contributed by atoms with Crippen LogP contribution in [0.5, 0.6) is 5.75 Å². The number of aliphatic carboxylic acids is 1. The van der Waals surface area contributed by atoms with E-state index < -0.39 is 23.5 Å². The molecular weight excluding hydrogens is 314 g/mol. The molecule has 2 aromatic rings. The molecular formula is C17H19NO6. The van der Waals surface area contributed by atoms with Crippen LogP contribution in [-0.4, -0.2) is 30.1 Å². The minimum Gasteiger partial charge on any atom is -0.497 e. The van der Waals surface area contributed by atoms with Crippen LogP contribution in [0, 0.1) is 6.92 Å². The van der Waals surface area contributed by atoms with E-state index in [1.54, 1.807) is 25.1 Å². The number of benzene rings is 1. The van der Waals surface area contributed by atoms with E-state index in [1.807, 2.05) is 0 Å². The van der Waals surface area contributed by atoms with Crippen molar-refractivity contribution < 1.29 is 23.8 Å². The van der Waals surface area contributed by atoms with Gasteiger partial charge in [0.2, 0.25) is 5.91 Å². The number of carbonyl (C=O) groups is 2. The molecule has 2 rings (SSSR count). The molecule has 24 heavy (non-hydrogen) atoms. The Kier molecular flexibility index (Phi) is 5.23. The van der Waals surface area contributed by atoms with Gasteiger partial charge in [-0.25, -0.2) is 4.79 Å². The summed E-state index contributed by atoms with van der Waals surface area (Å²) in [5.74, 6) is -0.961. The number of hydrogen-bond donors (Lipinski definition) is 2. The molecule has 1 heterocycles. The topological polar surface area (TPSA) is 106 Å². The molecule has 0 aliphatic rings. The fourth-order valence-electron chi connectivity index (χ4n) is 2.40. The highest BCUT2D eigenvalue weighted by atomic mass is 16.5. The zero-order valence-corrected chi connectivity index (χ0v) is 13.7. The second-order valence-corrected chi connectivity index (χ2v) is 5.48. The van der Waals surface area contributed by atoms with Gasteiger partial charge >= 0.3 is 11.6 Å². The van der Waals surface area contributed by atoms with Crippen LogP contribution < -0.4 is 15.7 Å². The molecule has 0 saturated heterocycles. The first-order valence-electron chi connectivity index (χ1n) is 7.46. The van der Waals surface area contributed by atoms with Crippen molar-refractivity contribution in [3.05, 3.63) is 39.7 Å². The largest absolute Gasteiger partial charge is 0.497 e. The van der Waals surface area contributed by atoms with Crippen molar-refractivity contribution in [3.8, 4) is 5.75 Å². The third-order valence-electron chi connectivity index (χ3n) is 3.84. The summed E-state index contributed by atoms with van der Waals surface area (Å²) in [6, 6.07) is 4.22. The average molecular weight is 333 g/mol. The van der Waals surface area contributed by atoms with Crippen molar-refractivity contribution in [2.75, 3.05) is 7.11 Å². The Labute approximate surface area is 138 Å². The number of fused-ring (bicyclic) bond motifs is 1. The number of rotatable bonds is 6. The third kappa shape index (κ3) is 3.73. The summed E-state index contributed by atoms with van der Waals surface area (Å²) < 4.78 is 10.4. The quantitative estimate of drug-likeness (QED) is 0.778. The summed E-state index contributed by atoms with van der Waals surface area (Å²) >= 11 is 0. The molecule has 2 N–H and O–H groups in total. The summed E-state index contributed by atoms with van der Waals surface area (Å²) in [6.45, 7) is 3.17. The molecule has 0 bridgehead atoms. The van der Waals surface area contributed by atoms with Gasteiger partial charge in [0.15, 0.2) is 0 Å². The summed E-state index contributed by atoms with van der Waals surface area (Å²) in [5, 5.41) is 11.9. The summed E-state index contributed by atoms with van der Waals surface area (Å²) in [6.07, 6.45) is 0.180. The number of amides is 1. The van der Waals surface area contributed by atoms with Gasteiger partial charge in [0.05, 0.1) is 7.11 Å². The van der Waals surface area contributed by atoms with Crippen LogP contribution >= 0.6 is 0 Å². The van der Waals surface area contributed by atoms with E-state index in [9.17, 15) is 14.4 Å². The number of ether oxygens (including phenoxy) is 1. The number of carbonyl (C=O) groups excluding carboxylic acids is 1. The van der Waals surface area contributed by atoms with E-state index in [2.05, 4.69) is 5.32 Å². The second kappa shape index (κ2) is 7.16. The van der Waals surface area contributed by atoms with Gasteiger partial charge in [-0.15, -0.1) is 0 Å². The molecule has 1 unspecified atom stereocenters. The number of nitrogens with one attached hydrogen (secondary N) is 1. The van der Waals surface area contributed by atoms with Gasteiger partial charge in [-0.1, -0.05) is 0 Å². The first-order valence-corrected chi connectivity index (χ1v) is 7.46. The van der Waals surface area contributed by atoms with Crippen molar-refractivity contribution in [2.24, 2.45) is 0 Å². The maximum atomic E-state index is 12.2. The lowest BCUT2D eigenvalue weighted by molar-refractivity contribution is -0.141. The molecule has 7 nitrogen and oxygen atoms in total. The molecule has 1 aromatic carbocycles. The predicted molar refractivity (Wildman–Crippen MR) is 87.3 cm³/mol. The van der Waals surface area contributed by atoms with Gasteiger partial charge in [0.1, 0.15) is 17.4 Å². The Bertz CT molecular complexity index is 839. The van der Waals surface area contributed by atoms with E-state index in [0.717, 1.165) is 10.9 Å². The van der Waals surface area contributed by atoms with Gasteiger partial charge < -0.3 is 19.6 Å². The van der Waals surface area contributed by atoms with Crippen molar-refractivity contribution in [1.82, 2.24) is 5.32 Å². The zero-order chi connectivity index (χ0) is 17.9. The monoisotopic (exact) mass is 333 g/mol. The minimum absolute atomic E-state index is 0.00484. The molecule has 0 spiro atoms. The standard InChI is InChI=1S/C17H19NO6/c1-9-12-5-4-11(23-3)8-14(12)24-17(22)13(9)6-7-15(19)18-10(2)16(20)21/h4-5,8,10H,6-7H2,1-3H3,(H,18,19)(H,20,21). The lowest BCUT2D eigenvalue weighted by Gasteiger charge is -2.11. The fourth-order valence-corrected chi connectivity index (χ4v) is 2.40. The van der Waals surface area contributed by atoms with Crippen LogP contribution in [0.1, 0.15) is 24.5 Å². The van der Waals surface area contributed by atoms with E-state index in [-0.39, 0.29) is 12.8 Å². The Morgan fingerprint density at radius 3 is 2.71 bits per heavy atom. The van der Waals surface area contributed by atoms with Gasteiger partial charge in [0.25, 0.3) is 0 Å². The first kappa shape index (κ1) is 17.5. The molecule has 0 aliphatic carbocycles. The van der Waals surface area contributed by atoms with Crippen LogP contribution in [0.2, 0.25) is 0 Å². The number of carboxylic acids is 1. The maximum absolute atomic E-state index is 12.2. The number of hydrogen-bond acceptors (Lipinski definition) is 5. The van der Waals surface area contributed by atoms with Crippen LogP contribution in [0.15, 0.2) is 27.4 Å². The van der Waals surface area contributed by atoms with Crippen molar-refractivity contribution in [2.45, 2.75) is 32.7 Å². The Morgan fingerprint density at radius 2 is 2.08 bits per heavy atom. The van der Waals surface area contributed by atoms with Crippen molar-refractivity contribution in [1.29, 1.82) is 0 Å². The molecule has 7 heteroatoms. The highest BCUT2D eigenvalue weighted by Gasteiger charge is 2.16. The average Bonchev–Trinajstić information content (AvgIpc) is 2.53. The molecule has 1 aromatic heterocycles. The highest BCUT2D eigenvalue weighted by molar-refractivity contribution is 5.84. The van der Waals surface area contributed by atoms with Gasteiger partial charge in [-0.3, -0.25) is 9.59 Å². The summed E-state index contributed by atoms with van der Waals surface area (Å²) in [7, 11) is 1.53. The lowest BCUT2D eigenvalue weighted by Crippen LogP contribution is -2.38. The van der Waals surface area contributed by atoms with Crippen molar-refractivity contribution >= 4 is 22.8 Å². The molecule has 1 atom stereocenters. The molecule has 0 radical (unpaired) electrons. The van der Waals surface area contributed by atoms with Crippen LogP contribution in [-0.2, 0) is 16.0 Å². The minimum atomic E-state index is -1.11. The van der Waals surface area contributed by atoms with Crippen molar-refractivity contribution in [3.63, 3.8) is 0 Å². The summed E-state index contributed by atoms with van der Waals surface area (Å²) in [4.78, 5) is 34.7. The number of aryl methyl sites for hydroxylation is 1. The van der Waals surface area contributed by atoms with E-state index in [1.165, 1.54) is 14.0 Å². The normalized spacial score (nSPS) is 12.0. The highest BCUT2D eigenvalue weighted by Crippen LogP contribution is 2.24. The molecule has 128 valence electrons. The second-order valence-electron chi connectivity index (χ2n) is 5.48. The Morgan fingerprint density at radius 1 is 1.38 bits per heavy atom. The molecule has 1 amide bonds. The van der Waals surface area contributed by atoms with Gasteiger partial charge in [-0.2, -0.15) is 0 Å². The smallest absolute Gasteiger partial charge is 0.339 e. The molecule has 0 saturated carbocycles. The number of methoxy groups -OCH3 is 1. The zero-order valence-electron chi connectivity index (χ0n) is 13.7. The third-order valence-corrected chi connectivity index (χ3v) is 3.84. The van der Waals surface area contributed by atoms with E-state index in [4.69, 9.17) is 14.3 Å². The maximum Gasteiger partial charge on any atom is 0.339 e. The lowest BCUT2D eigenvalue weighted by atomic mass is 10.0. The predicted octanol–water partition coefficient (Wildman–Crippen LogP) is 1.63. The SMILES string of the molecule is COc1ccc2c(C)c(CCC(=O)NC(C)C(=O)O)c(=O)oc2c1. The van der Waals surface area contributed by atoms with Crippen LogP contribution in [0.4, 0.5) is 0 Å². The molecule has 0 aliphatic heterocycles. The van der Waals surface area contributed by atoms with Crippen LogP contribution in [0.3, 0.4) is 0 Å². The fraction of sp³-hybridized carbons (Fsp3) is 0.353. The summed E-state index contributed by atoms with van der Waals surface area (Å²) in [5.41, 5.74) is 1.06. The van der Waals surface area contributed by atoms with E-state index in [0.29, 0.717) is 16.9 Å². The van der Waals surface area contributed by atoms with Gasteiger partial charge in [-0.05, 0) is 38.0 Å². The molecule has 0 fully saturated rings. The first-order chi connectivity index (χ1) is 11.3. The Hall–Kier alpha value is -2.83. The van der Waals surface area contributed by atoms with Gasteiger partial charge in [0, 0.05) is 23.4 Å².